The minimum atomic E-state index is 0.963. The summed E-state index contributed by atoms with van der Waals surface area (Å²) in [7, 11) is 0. The molecule has 2 heteroatoms. The van der Waals surface area contributed by atoms with E-state index in [0.29, 0.717) is 0 Å². The molecule has 0 saturated heterocycles. The van der Waals surface area contributed by atoms with Crippen molar-refractivity contribution in [2.45, 2.75) is 34.6 Å². The highest BCUT2D eigenvalue weighted by molar-refractivity contribution is 9.10. The van der Waals surface area contributed by atoms with Gasteiger partial charge in [0.1, 0.15) is 4.60 Å². The molecule has 0 N–H and O–H groups in total. The fraction of sp³-hybridized carbons (Fsp3) is 0.500. The predicted octanol–water partition coefficient (Wildman–Crippen LogP) is 3.80. The third-order valence-corrected chi connectivity index (χ3v) is 2.37. The number of halogens is 1. The zero-order valence-electron chi connectivity index (χ0n) is 8.40. The molecule has 0 atom stereocenters. The van der Waals surface area contributed by atoms with Crippen molar-refractivity contribution in [3.63, 3.8) is 0 Å². The Kier molecular flexibility index (Phi) is 5.14. The monoisotopic (exact) mass is 229 g/mol. The number of nitrogens with zero attached hydrogens (tertiary/aromatic N) is 1. The van der Waals surface area contributed by atoms with Gasteiger partial charge in [-0.3, -0.25) is 0 Å². The molecule has 1 heterocycles. The summed E-state index contributed by atoms with van der Waals surface area (Å²) in [5.74, 6) is 0. The number of hydrogen-bond donors (Lipinski definition) is 0. The van der Waals surface area contributed by atoms with E-state index in [9.17, 15) is 0 Å². The van der Waals surface area contributed by atoms with Crippen LogP contribution in [0.5, 0.6) is 0 Å². The summed E-state index contributed by atoms with van der Waals surface area (Å²) in [6, 6.07) is 2.08. The van der Waals surface area contributed by atoms with Crippen molar-refractivity contribution in [2.24, 2.45) is 0 Å². The molecular formula is C10H16BrN. The largest absolute Gasteiger partial charge is 0.246 e. The summed E-state index contributed by atoms with van der Waals surface area (Å²) < 4.78 is 0.963. The Labute approximate surface area is 83.3 Å². The summed E-state index contributed by atoms with van der Waals surface area (Å²) in [5, 5.41) is 0. The van der Waals surface area contributed by atoms with Crippen molar-refractivity contribution >= 4 is 15.9 Å². The van der Waals surface area contributed by atoms with E-state index < -0.39 is 0 Å². The third-order valence-electron chi connectivity index (χ3n) is 1.60. The second kappa shape index (κ2) is 5.31. The number of rotatable bonds is 0. The van der Waals surface area contributed by atoms with Gasteiger partial charge in [0.15, 0.2) is 0 Å². The molecule has 0 fully saturated rings. The first-order valence-corrected chi connectivity index (χ1v) is 5.01. The van der Waals surface area contributed by atoms with Crippen LogP contribution in [-0.2, 0) is 0 Å². The molecule has 1 aromatic rings. The van der Waals surface area contributed by atoms with Gasteiger partial charge in [-0.25, -0.2) is 4.98 Å². The molecule has 68 valence electrons. The third kappa shape index (κ3) is 2.94. The van der Waals surface area contributed by atoms with E-state index in [1.54, 1.807) is 0 Å². The smallest absolute Gasteiger partial charge is 0.109 e. The van der Waals surface area contributed by atoms with E-state index in [-0.39, 0.29) is 0 Å². The lowest BCUT2D eigenvalue weighted by molar-refractivity contribution is 1.10. The summed E-state index contributed by atoms with van der Waals surface area (Å²) in [4.78, 5) is 4.25. The van der Waals surface area contributed by atoms with Gasteiger partial charge in [-0.2, -0.15) is 0 Å². The number of hydrogen-bond acceptors (Lipinski definition) is 1. The van der Waals surface area contributed by atoms with E-state index in [2.05, 4.69) is 40.8 Å². The van der Waals surface area contributed by atoms with Crippen molar-refractivity contribution in [3.8, 4) is 0 Å². The molecule has 1 rings (SSSR count). The quantitative estimate of drug-likeness (QED) is 0.618. The van der Waals surface area contributed by atoms with Crippen LogP contribution in [0.3, 0.4) is 0 Å². The molecule has 0 unspecified atom stereocenters. The maximum atomic E-state index is 4.25. The van der Waals surface area contributed by atoms with Gasteiger partial charge in [0, 0.05) is 5.69 Å². The predicted molar refractivity (Wildman–Crippen MR) is 57.5 cm³/mol. The molecule has 0 spiro atoms. The van der Waals surface area contributed by atoms with Gasteiger partial charge in [0.25, 0.3) is 0 Å². The van der Waals surface area contributed by atoms with Crippen molar-refractivity contribution in [3.05, 3.63) is 27.5 Å². The molecule has 0 aliphatic rings. The summed E-state index contributed by atoms with van der Waals surface area (Å²) in [5.41, 5.74) is 3.58. The molecule has 0 bridgehead atoms. The van der Waals surface area contributed by atoms with Crippen LogP contribution < -0.4 is 0 Å². The first-order chi connectivity index (χ1) is 5.61. The molecule has 0 aliphatic heterocycles. The number of pyridine rings is 1. The normalized spacial score (nSPS) is 8.83. The highest BCUT2D eigenvalue weighted by atomic mass is 79.9. The molecule has 0 radical (unpaired) electrons. The van der Waals surface area contributed by atoms with Crippen LogP contribution in [-0.4, -0.2) is 4.98 Å². The molecule has 0 saturated carbocycles. The molecule has 1 nitrogen and oxygen atoms in total. The molecule has 0 aliphatic carbocycles. The van der Waals surface area contributed by atoms with E-state index in [1.807, 2.05) is 20.8 Å². The van der Waals surface area contributed by atoms with Crippen LogP contribution in [0, 0.1) is 20.8 Å². The minimum Gasteiger partial charge on any atom is -0.246 e. The zero-order chi connectivity index (χ0) is 9.72. The molecule has 0 aromatic carbocycles. The number of aromatic nitrogens is 1. The lowest BCUT2D eigenvalue weighted by Gasteiger charge is -2.02. The fourth-order valence-electron chi connectivity index (χ4n) is 0.855. The second-order valence-corrected chi connectivity index (χ2v) is 3.25. The van der Waals surface area contributed by atoms with Gasteiger partial charge in [-0.15, -0.1) is 0 Å². The first-order valence-electron chi connectivity index (χ1n) is 4.21. The van der Waals surface area contributed by atoms with Crippen molar-refractivity contribution in [2.75, 3.05) is 0 Å². The first kappa shape index (κ1) is 11.6. The Balaban J connectivity index is 0.000000561. The fourth-order valence-corrected chi connectivity index (χ4v) is 1.45. The Bertz CT molecular complexity index is 233. The van der Waals surface area contributed by atoms with Crippen molar-refractivity contribution in [1.82, 2.24) is 4.98 Å². The Hall–Kier alpha value is -0.370. The average molecular weight is 230 g/mol. The van der Waals surface area contributed by atoms with E-state index in [0.717, 1.165) is 10.3 Å². The second-order valence-electron chi connectivity index (χ2n) is 2.50. The summed E-state index contributed by atoms with van der Waals surface area (Å²) >= 11 is 3.39. The molecular weight excluding hydrogens is 214 g/mol. The van der Waals surface area contributed by atoms with Gasteiger partial charge >= 0.3 is 0 Å². The lowest BCUT2D eigenvalue weighted by atomic mass is 10.2. The summed E-state index contributed by atoms with van der Waals surface area (Å²) in [6.07, 6.45) is 0. The van der Waals surface area contributed by atoms with Gasteiger partial charge in [0.2, 0.25) is 0 Å². The zero-order valence-corrected chi connectivity index (χ0v) is 9.99. The van der Waals surface area contributed by atoms with Gasteiger partial charge in [0.05, 0.1) is 0 Å². The van der Waals surface area contributed by atoms with Gasteiger partial charge in [-0.05, 0) is 53.9 Å². The van der Waals surface area contributed by atoms with Crippen LogP contribution in [0.25, 0.3) is 0 Å². The maximum Gasteiger partial charge on any atom is 0.109 e. The average Bonchev–Trinajstić information content (AvgIpc) is 2.04. The topological polar surface area (TPSA) is 12.9 Å². The Morgan fingerprint density at radius 2 is 1.67 bits per heavy atom. The van der Waals surface area contributed by atoms with E-state index in [4.69, 9.17) is 0 Å². The van der Waals surface area contributed by atoms with Crippen molar-refractivity contribution < 1.29 is 0 Å². The van der Waals surface area contributed by atoms with Crippen LogP contribution in [0.4, 0.5) is 0 Å². The SMILES string of the molecule is CC.Cc1cc(C)c(C)c(Br)n1. The van der Waals surface area contributed by atoms with Crippen LogP contribution in [0.2, 0.25) is 0 Å². The number of aryl methyl sites for hydroxylation is 2. The molecule has 1 aromatic heterocycles. The highest BCUT2D eigenvalue weighted by Gasteiger charge is 1.99. The van der Waals surface area contributed by atoms with Crippen molar-refractivity contribution in [1.29, 1.82) is 0 Å². The standard InChI is InChI=1S/C8H10BrN.C2H6/c1-5-4-6(2)10-8(9)7(5)3;1-2/h4H,1-3H3;1-2H3. The Morgan fingerprint density at radius 1 is 1.17 bits per heavy atom. The molecule has 0 amide bonds. The molecule has 12 heavy (non-hydrogen) atoms. The lowest BCUT2D eigenvalue weighted by Crippen LogP contribution is -1.89. The minimum absolute atomic E-state index is 0.963. The Morgan fingerprint density at radius 3 is 2.08 bits per heavy atom. The van der Waals surface area contributed by atoms with Crippen LogP contribution >= 0.6 is 15.9 Å². The van der Waals surface area contributed by atoms with Gasteiger partial charge < -0.3 is 0 Å². The van der Waals surface area contributed by atoms with E-state index in [1.165, 1.54) is 11.1 Å². The highest BCUT2D eigenvalue weighted by Crippen LogP contribution is 2.17. The van der Waals surface area contributed by atoms with Gasteiger partial charge in [-0.1, -0.05) is 13.8 Å². The van der Waals surface area contributed by atoms with Crippen LogP contribution in [0.1, 0.15) is 30.7 Å². The maximum absolute atomic E-state index is 4.25. The van der Waals surface area contributed by atoms with E-state index >= 15 is 0 Å². The van der Waals surface area contributed by atoms with Crippen LogP contribution in [0.15, 0.2) is 10.7 Å². The summed E-state index contributed by atoms with van der Waals surface area (Å²) in [6.45, 7) is 10.2.